The van der Waals surface area contributed by atoms with Crippen molar-refractivity contribution < 1.29 is 18.4 Å². The molecule has 1 unspecified atom stereocenters. The molecular formula is C30H45F2N3O2. The molecule has 7 heteroatoms. The van der Waals surface area contributed by atoms with Gasteiger partial charge >= 0.3 is 0 Å². The van der Waals surface area contributed by atoms with E-state index in [1.807, 2.05) is 4.90 Å². The average molecular weight is 518 g/mol. The van der Waals surface area contributed by atoms with Crippen LogP contribution in [0, 0.1) is 23.5 Å². The van der Waals surface area contributed by atoms with E-state index in [1.54, 1.807) is 6.92 Å². The Kier molecular flexibility index (Phi) is 8.74. The maximum absolute atomic E-state index is 14.9. The van der Waals surface area contributed by atoms with Crippen LogP contribution in [0.4, 0.5) is 8.78 Å². The number of carbonyl (C=O) groups excluding carboxylic acids is 2. The van der Waals surface area contributed by atoms with Crippen molar-refractivity contribution in [1.82, 2.24) is 14.7 Å². The third-order valence-electron chi connectivity index (χ3n) is 9.09. The highest BCUT2D eigenvalue weighted by molar-refractivity contribution is 5.82. The van der Waals surface area contributed by atoms with E-state index in [0.717, 1.165) is 12.5 Å². The lowest BCUT2D eigenvalue weighted by Gasteiger charge is -2.45. The van der Waals surface area contributed by atoms with Crippen LogP contribution in [0.3, 0.4) is 0 Å². The lowest BCUT2D eigenvalue weighted by atomic mass is 9.83. The van der Waals surface area contributed by atoms with Crippen LogP contribution in [-0.4, -0.2) is 76.7 Å². The number of halogens is 2. The Hall–Kier alpha value is -1.86. The molecule has 1 aromatic rings. The predicted molar refractivity (Wildman–Crippen MR) is 142 cm³/mol. The largest absolute Gasteiger partial charge is 0.340 e. The van der Waals surface area contributed by atoms with Gasteiger partial charge < -0.3 is 4.90 Å². The van der Waals surface area contributed by atoms with E-state index in [2.05, 4.69) is 37.5 Å². The van der Waals surface area contributed by atoms with E-state index in [4.69, 9.17) is 0 Å². The molecule has 5 nitrogen and oxygen atoms in total. The van der Waals surface area contributed by atoms with Gasteiger partial charge in [-0.2, -0.15) is 0 Å². The van der Waals surface area contributed by atoms with Gasteiger partial charge in [0.05, 0.1) is 12.0 Å². The standard InChI is InChI=1S/C30H45F2N3O2/c1-20-17-33(13-14-35(20)28(21(2)36)15-22-9-7-6-8-10-22)29(37)26-19-34(30(3,4)5)18-25(26)24-12-11-23(31)16-27(24)32/h11-12,16,20,22,25-26,28H,6-10,13-15,17-19H2,1-5H3/t20-,25+,26-,28?/m1/s1. The molecular weight excluding hydrogens is 472 g/mol. The van der Waals surface area contributed by atoms with Crippen molar-refractivity contribution in [2.75, 3.05) is 32.7 Å². The second kappa shape index (κ2) is 11.5. The Labute approximate surface area is 221 Å². The van der Waals surface area contributed by atoms with Gasteiger partial charge in [0.2, 0.25) is 5.91 Å². The molecule has 1 saturated carbocycles. The van der Waals surface area contributed by atoms with Crippen LogP contribution in [-0.2, 0) is 9.59 Å². The Morgan fingerprint density at radius 1 is 1.03 bits per heavy atom. The van der Waals surface area contributed by atoms with E-state index in [1.165, 1.54) is 44.2 Å². The fraction of sp³-hybridized carbons (Fsp3) is 0.733. The molecule has 0 radical (unpaired) electrons. The Balaban J connectivity index is 1.48. The van der Waals surface area contributed by atoms with Crippen molar-refractivity contribution in [2.24, 2.45) is 11.8 Å². The third kappa shape index (κ3) is 6.42. The summed E-state index contributed by atoms with van der Waals surface area (Å²) < 4.78 is 28.5. The van der Waals surface area contributed by atoms with E-state index < -0.39 is 11.6 Å². The highest BCUT2D eigenvalue weighted by Crippen LogP contribution is 2.39. The number of nitrogens with zero attached hydrogens (tertiary/aromatic N) is 3. The molecule has 4 rings (SSSR count). The molecule has 206 valence electrons. The van der Waals surface area contributed by atoms with Crippen LogP contribution in [0.5, 0.6) is 0 Å². The van der Waals surface area contributed by atoms with Crippen LogP contribution in [0.2, 0.25) is 0 Å². The minimum absolute atomic E-state index is 0.0404. The smallest absolute Gasteiger partial charge is 0.227 e. The quantitative estimate of drug-likeness (QED) is 0.518. The molecule has 0 aromatic heterocycles. The van der Waals surface area contributed by atoms with Crippen molar-refractivity contribution in [2.45, 2.75) is 96.7 Å². The van der Waals surface area contributed by atoms with Gasteiger partial charge in [-0.1, -0.05) is 38.2 Å². The maximum atomic E-state index is 14.9. The molecule has 3 aliphatic rings. The summed E-state index contributed by atoms with van der Waals surface area (Å²) in [6.45, 7) is 13.1. The second-order valence-electron chi connectivity index (χ2n) is 12.7. The summed E-state index contributed by atoms with van der Waals surface area (Å²) in [7, 11) is 0. The SMILES string of the molecule is CC(=O)C(CC1CCCCC1)N1CCN(C(=O)[C@@H]2CN(C(C)(C)C)C[C@H]2c2ccc(F)cc2F)C[C@H]1C. The summed E-state index contributed by atoms with van der Waals surface area (Å²) >= 11 is 0. The first-order chi connectivity index (χ1) is 17.5. The van der Waals surface area contributed by atoms with Gasteiger partial charge in [-0.15, -0.1) is 0 Å². The van der Waals surface area contributed by atoms with Crippen molar-refractivity contribution in [3.8, 4) is 0 Å². The van der Waals surface area contributed by atoms with Gasteiger partial charge in [0.1, 0.15) is 17.4 Å². The van der Waals surface area contributed by atoms with Gasteiger partial charge in [0.15, 0.2) is 0 Å². The molecule has 1 aromatic carbocycles. The normalized spacial score (nSPS) is 27.4. The van der Waals surface area contributed by atoms with Crippen molar-refractivity contribution in [3.63, 3.8) is 0 Å². The Morgan fingerprint density at radius 2 is 1.73 bits per heavy atom. The van der Waals surface area contributed by atoms with Gasteiger partial charge in [-0.25, -0.2) is 8.78 Å². The van der Waals surface area contributed by atoms with Gasteiger partial charge in [0, 0.05) is 56.3 Å². The molecule has 2 heterocycles. The molecule has 3 fully saturated rings. The molecule has 0 N–H and O–H groups in total. The fourth-order valence-electron chi connectivity index (χ4n) is 6.86. The Bertz CT molecular complexity index is 972. The summed E-state index contributed by atoms with van der Waals surface area (Å²) in [4.78, 5) is 33.1. The molecule has 2 saturated heterocycles. The summed E-state index contributed by atoms with van der Waals surface area (Å²) in [5.74, 6) is -1.01. The van der Waals surface area contributed by atoms with Crippen molar-refractivity contribution in [1.29, 1.82) is 0 Å². The van der Waals surface area contributed by atoms with Crippen LogP contribution in [0.25, 0.3) is 0 Å². The zero-order chi connectivity index (χ0) is 26.9. The number of benzene rings is 1. The second-order valence-corrected chi connectivity index (χ2v) is 12.7. The lowest BCUT2D eigenvalue weighted by molar-refractivity contribution is -0.140. The number of rotatable bonds is 6. The molecule has 0 bridgehead atoms. The zero-order valence-electron chi connectivity index (χ0n) is 23.3. The molecule has 37 heavy (non-hydrogen) atoms. The number of Topliss-reactive ketones (excluding diaryl/α,β-unsaturated/α-hetero) is 1. The zero-order valence-corrected chi connectivity index (χ0v) is 23.3. The molecule has 0 spiro atoms. The van der Waals surface area contributed by atoms with Crippen LogP contribution in [0.1, 0.15) is 84.6 Å². The van der Waals surface area contributed by atoms with E-state index in [0.29, 0.717) is 44.2 Å². The van der Waals surface area contributed by atoms with Crippen LogP contribution < -0.4 is 0 Å². The highest BCUT2D eigenvalue weighted by Gasteiger charge is 2.45. The third-order valence-corrected chi connectivity index (χ3v) is 9.09. The van der Waals surface area contributed by atoms with Crippen LogP contribution >= 0.6 is 0 Å². The Morgan fingerprint density at radius 3 is 2.32 bits per heavy atom. The van der Waals surface area contributed by atoms with Crippen molar-refractivity contribution >= 4 is 11.7 Å². The molecule has 4 atom stereocenters. The summed E-state index contributed by atoms with van der Waals surface area (Å²) in [5.41, 5.74) is 0.256. The van der Waals surface area contributed by atoms with Crippen molar-refractivity contribution in [3.05, 3.63) is 35.4 Å². The number of likely N-dealkylation sites (tertiary alicyclic amines) is 1. The maximum Gasteiger partial charge on any atom is 0.227 e. The monoisotopic (exact) mass is 517 g/mol. The molecule has 1 aliphatic carbocycles. The predicted octanol–water partition coefficient (Wildman–Crippen LogP) is 5.24. The number of hydrogen-bond donors (Lipinski definition) is 0. The minimum Gasteiger partial charge on any atom is -0.340 e. The number of piperazine rings is 1. The molecule has 2 aliphatic heterocycles. The van der Waals surface area contributed by atoms with Crippen LogP contribution in [0.15, 0.2) is 18.2 Å². The topological polar surface area (TPSA) is 43.9 Å². The fourth-order valence-corrected chi connectivity index (χ4v) is 6.86. The summed E-state index contributed by atoms with van der Waals surface area (Å²) in [6, 6.07) is 3.71. The minimum atomic E-state index is -0.604. The first-order valence-electron chi connectivity index (χ1n) is 14.2. The van der Waals surface area contributed by atoms with E-state index in [-0.39, 0.29) is 41.1 Å². The number of amides is 1. The van der Waals surface area contributed by atoms with Gasteiger partial charge in [0.25, 0.3) is 0 Å². The van der Waals surface area contributed by atoms with Gasteiger partial charge in [-0.05, 0) is 58.6 Å². The van der Waals surface area contributed by atoms with E-state index >= 15 is 0 Å². The summed E-state index contributed by atoms with van der Waals surface area (Å²) in [6.07, 6.45) is 7.16. The first kappa shape index (κ1) is 28.2. The summed E-state index contributed by atoms with van der Waals surface area (Å²) in [5, 5.41) is 0. The number of hydrogen-bond acceptors (Lipinski definition) is 4. The molecule has 1 amide bonds. The average Bonchev–Trinajstić information content (AvgIpc) is 3.28. The first-order valence-corrected chi connectivity index (χ1v) is 14.2. The number of ketones is 1. The number of carbonyl (C=O) groups is 2. The van der Waals surface area contributed by atoms with Gasteiger partial charge in [-0.3, -0.25) is 19.4 Å². The lowest BCUT2D eigenvalue weighted by Crippen LogP contribution is -2.59. The van der Waals surface area contributed by atoms with E-state index in [9.17, 15) is 18.4 Å². The highest BCUT2D eigenvalue weighted by atomic mass is 19.1.